The van der Waals surface area contributed by atoms with Gasteiger partial charge in [-0.25, -0.2) is 13.1 Å². The Morgan fingerprint density at radius 2 is 2.05 bits per heavy atom. The fourth-order valence-electron chi connectivity index (χ4n) is 2.64. The number of sulfonamides is 1. The highest BCUT2D eigenvalue weighted by Gasteiger charge is 2.27. The largest absolute Gasteiger partial charge is 0.242 e. The van der Waals surface area contributed by atoms with Crippen LogP contribution in [0.2, 0.25) is 5.02 Å². The van der Waals surface area contributed by atoms with Crippen molar-refractivity contribution in [1.82, 2.24) is 4.72 Å². The normalized spacial score (nSPS) is 17.9. The molecule has 0 bridgehead atoms. The molecule has 20 heavy (non-hydrogen) atoms. The molecule has 1 aliphatic rings. The summed E-state index contributed by atoms with van der Waals surface area (Å²) in [4.78, 5) is -0.0249. The average Bonchev–Trinajstić information content (AvgIpc) is 2.92. The Labute approximate surface area is 124 Å². The summed E-state index contributed by atoms with van der Waals surface area (Å²) in [5, 5.41) is 9.00. The molecule has 1 fully saturated rings. The van der Waals surface area contributed by atoms with E-state index in [1.165, 1.54) is 18.2 Å². The Hall–Kier alpha value is -1.09. The maximum Gasteiger partial charge on any atom is 0.242 e. The van der Waals surface area contributed by atoms with E-state index in [9.17, 15) is 8.42 Å². The van der Waals surface area contributed by atoms with Gasteiger partial charge in [-0.2, -0.15) is 5.26 Å². The van der Waals surface area contributed by atoms with Crippen LogP contribution >= 0.6 is 11.6 Å². The highest BCUT2D eigenvalue weighted by atomic mass is 35.5. The lowest BCUT2D eigenvalue weighted by Crippen LogP contribution is -2.37. The van der Waals surface area contributed by atoms with Crippen molar-refractivity contribution < 1.29 is 8.42 Å². The lowest BCUT2D eigenvalue weighted by molar-refractivity contribution is 0.424. The Morgan fingerprint density at radius 3 is 2.65 bits per heavy atom. The van der Waals surface area contributed by atoms with E-state index in [0.717, 1.165) is 25.7 Å². The van der Waals surface area contributed by atoms with Crippen LogP contribution in [0.25, 0.3) is 0 Å². The fourth-order valence-corrected chi connectivity index (χ4v) is 4.48. The predicted octanol–water partition coefficient (Wildman–Crippen LogP) is 3.07. The van der Waals surface area contributed by atoms with Gasteiger partial charge in [-0.3, -0.25) is 0 Å². The SMILES string of the molecule is CC(NS(=O)(=O)c1cc(C#N)ccc1Cl)C1CCCC1. The van der Waals surface area contributed by atoms with Gasteiger partial charge < -0.3 is 0 Å². The van der Waals surface area contributed by atoms with Gasteiger partial charge in [0.25, 0.3) is 0 Å². The van der Waals surface area contributed by atoms with E-state index in [1.807, 2.05) is 13.0 Å². The van der Waals surface area contributed by atoms with E-state index < -0.39 is 10.0 Å². The van der Waals surface area contributed by atoms with E-state index in [-0.39, 0.29) is 21.5 Å². The maximum atomic E-state index is 12.4. The molecule has 0 heterocycles. The molecule has 1 aliphatic carbocycles. The number of halogens is 1. The minimum absolute atomic E-state index is 0.0249. The number of nitrogens with zero attached hydrogens (tertiary/aromatic N) is 1. The van der Waals surface area contributed by atoms with Crippen LogP contribution in [-0.4, -0.2) is 14.5 Å². The molecule has 1 aromatic carbocycles. The average molecular weight is 313 g/mol. The quantitative estimate of drug-likeness (QED) is 0.928. The van der Waals surface area contributed by atoms with E-state index in [0.29, 0.717) is 5.92 Å². The van der Waals surface area contributed by atoms with Gasteiger partial charge in [0.2, 0.25) is 10.0 Å². The second kappa shape index (κ2) is 6.13. The molecule has 1 unspecified atom stereocenters. The number of rotatable bonds is 4. The first-order valence-electron chi connectivity index (χ1n) is 6.66. The van der Waals surface area contributed by atoms with Crippen molar-refractivity contribution >= 4 is 21.6 Å². The minimum atomic E-state index is -3.69. The van der Waals surface area contributed by atoms with Crippen molar-refractivity contribution in [2.45, 2.75) is 43.5 Å². The molecule has 2 rings (SSSR count). The Bertz CT molecular complexity index is 631. The summed E-state index contributed by atoms with van der Waals surface area (Å²) >= 11 is 5.95. The molecule has 6 heteroatoms. The first-order chi connectivity index (χ1) is 9.44. The summed E-state index contributed by atoms with van der Waals surface area (Å²) < 4.78 is 27.5. The lowest BCUT2D eigenvalue weighted by atomic mass is 10.0. The molecule has 4 nitrogen and oxygen atoms in total. The molecule has 0 radical (unpaired) electrons. The van der Waals surface area contributed by atoms with Crippen LogP contribution in [0.15, 0.2) is 23.1 Å². The fraction of sp³-hybridized carbons (Fsp3) is 0.500. The van der Waals surface area contributed by atoms with Crippen LogP contribution in [0.4, 0.5) is 0 Å². The lowest BCUT2D eigenvalue weighted by Gasteiger charge is -2.20. The van der Waals surface area contributed by atoms with Gasteiger partial charge in [0.05, 0.1) is 16.7 Å². The summed E-state index contributed by atoms with van der Waals surface area (Å²) in [7, 11) is -3.69. The number of hydrogen-bond donors (Lipinski definition) is 1. The molecule has 1 aromatic rings. The molecule has 1 atom stereocenters. The highest BCUT2D eigenvalue weighted by molar-refractivity contribution is 7.89. The van der Waals surface area contributed by atoms with E-state index in [2.05, 4.69) is 4.72 Å². The summed E-state index contributed by atoms with van der Waals surface area (Å²) in [5.41, 5.74) is 0.281. The number of hydrogen-bond acceptors (Lipinski definition) is 3. The molecule has 0 saturated heterocycles. The molecule has 0 spiro atoms. The molecular weight excluding hydrogens is 296 g/mol. The maximum absolute atomic E-state index is 12.4. The third kappa shape index (κ3) is 3.32. The minimum Gasteiger partial charge on any atom is -0.208 e. The molecule has 0 amide bonds. The standard InChI is InChI=1S/C14H17ClN2O2S/c1-10(12-4-2-3-5-12)17-20(18,19)14-8-11(9-16)6-7-13(14)15/h6-8,10,12,17H,2-5H2,1H3. The van der Waals surface area contributed by atoms with Crippen LogP contribution in [-0.2, 0) is 10.0 Å². The molecule has 1 saturated carbocycles. The van der Waals surface area contributed by atoms with Gasteiger partial charge in [-0.1, -0.05) is 24.4 Å². The second-order valence-electron chi connectivity index (χ2n) is 5.21. The van der Waals surface area contributed by atoms with Crippen molar-refractivity contribution in [2.75, 3.05) is 0 Å². The highest BCUT2D eigenvalue weighted by Crippen LogP contribution is 2.29. The van der Waals surface area contributed by atoms with Gasteiger partial charge >= 0.3 is 0 Å². The molecule has 1 N–H and O–H groups in total. The summed E-state index contributed by atoms with van der Waals surface area (Å²) in [5.74, 6) is 0.377. The summed E-state index contributed by atoms with van der Waals surface area (Å²) in [6.45, 7) is 1.88. The van der Waals surface area contributed by atoms with Gasteiger partial charge in [0.1, 0.15) is 4.90 Å². The first kappa shape index (κ1) is 15.3. The van der Waals surface area contributed by atoms with Gasteiger partial charge in [-0.15, -0.1) is 0 Å². The van der Waals surface area contributed by atoms with Crippen LogP contribution in [0.5, 0.6) is 0 Å². The van der Waals surface area contributed by atoms with Crippen molar-refractivity contribution in [2.24, 2.45) is 5.92 Å². The van der Waals surface area contributed by atoms with Crippen molar-refractivity contribution in [1.29, 1.82) is 5.26 Å². The number of nitrogens with one attached hydrogen (secondary N) is 1. The molecule has 0 aromatic heterocycles. The topological polar surface area (TPSA) is 70.0 Å². The predicted molar refractivity (Wildman–Crippen MR) is 77.9 cm³/mol. The monoisotopic (exact) mass is 312 g/mol. The Kier molecular flexibility index (Phi) is 4.69. The molecule has 0 aliphatic heterocycles. The Morgan fingerprint density at radius 1 is 1.40 bits per heavy atom. The molecular formula is C14H17ClN2O2S. The third-order valence-electron chi connectivity index (χ3n) is 3.80. The zero-order valence-electron chi connectivity index (χ0n) is 11.3. The first-order valence-corrected chi connectivity index (χ1v) is 8.52. The van der Waals surface area contributed by atoms with Gasteiger partial charge in [-0.05, 0) is 43.9 Å². The van der Waals surface area contributed by atoms with Crippen LogP contribution < -0.4 is 4.72 Å². The summed E-state index contributed by atoms with van der Waals surface area (Å²) in [6, 6.07) is 6.06. The van der Waals surface area contributed by atoms with Crippen molar-refractivity contribution in [3.8, 4) is 6.07 Å². The molecule has 108 valence electrons. The zero-order valence-corrected chi connectivity index (χ0v) is 12.8. The third-order valence-corrected chi connectivity index (χ3v) is 5.84. The van der Waals surface area contributed by atoms with E-state index in [4.69, 9.17) is 16.9 Å². The van der Waals surface area contributed by atoms with E-state index in [1.54, 1.807) is 0 Å². The van der Waals surface area contributed by atoms with Crippen molar-refractivity contribution in [3.05, 3.63) is 28.8 Å². The summed E-state index contributed by atoms with van der Waals surface area (Å²) in [6.07, 6.45) is 4.41. The van der Waals surface area contributed by atoms with Gasteiger partial charge in [0.15, 0.2) is 0 Å². The van der Waals surface area contributed by atoms with Crippen molar-refractivity contribution in [3.63, 3.8) is 0 Å². The van der Waals surface area contributed by atoms with Crippen LogP contribution in [0, 0.1) is 17.2 Å². The Balaban J connectivity index is 2.24. The smallest absolute Gasteiger partial charge is 0.208 e. The number of benzene rings is 1. The van der Waals surface area contributed by atoms with Gasteiger partial charge in [0, 0.05) is 6.04 Å². The van der Waals surface area contributed by atoms with E-state index >= 15 is 0 Å². The number of nitriles is 1. The van der Waals surface area contributed by atoms with Crippen LogP contribution in [0.3, 0.4) is 0 Å². The zero-order chi connectivity index (χ0) is 14.8. The van der Waals surface area contributed by atoms with Crippen LogP contribution in [0.1, 0.15) is 38.2 Å². The second-order valence-corrected chi connectivity index (χ2v) is 7.30.